The van der Waals surface area contributed by atoms with Crippen LogP contribution in [0.25, 0.3) is 0 Å². The molecule has 0 amide bonds. The third-order valence-electron chi connectivity index (χ3n) is 4.50. The predicted octanol–water partition coefficient (Wildman–Crippen LogP) is 3.45. The Kier molecular flexibility index (Phi) is 6.84. The van der Waals surface area contributed by atoms with Crippen molar-refractivity contribution in [3.63, 3.8) is 0 Å². The summed E-state index contributed by atoms with van der Waals surface area (Å²) in [5.74, 6) is -0.754. The van der Waals surface area contributed by atoms with Crippen LogP contribution in [0.4, 0.5) is 5.69 Å². The van der Waals surface area contributed by atoms with Crippen molar-refractivity contribution in [2.45, 2.75) is 63.3 Å². The van der Waals surface area contributed by atoms with Gasteiger partial charge in [-0.25, -0.2) is 17.9 Å². The van der Waals surface area contributed by atoms with Gasteiger partial charge < -0.3 is 10.4 Å². The first-order valence-electron chi connectivity index (χ1n) is 8.93. The molecule has 0 unspecified atom stereocenters. The van der Waals surface area contributed by atoms with Crippen molar-refractivity contribution in [3.05, 3.63) is 23.8 Å². The molecular formula is C18H28N2O4S. The Labute approximate surface area is 150 Å². The minimum atomic E-state index is -3.77. The van der Waals surface area contributed by atoms with Crippen molar-refractivity contribution in [1.29, 1.82) is 0 Å². The van der Waals surface area contributed by atoms with Crippen LogP contribution in [0.3, 0.4) is 0 Å². The van der Waals surface area contributed by atoms with E-state index in [4.69, 9.17) is 0 Å². The standard InChI is InChI=1S/C18H28N2O4S/c1-13(2)10-11-19-25(23,24)17-12-14(18(21)22)8-9-16(17)20-15-6-4-3-5-7-15/h8-9,12-13,15,19-20H,3-7,10-11H2,1-2H3,(H,21,22). The van der Waals surface area contributed by atoms with E-state index < -0.39 is 16.0 Å². The lowest BCUT2D eigenvalue weighted by molar-refractivity contribution is 0.0696. The van der Waals surface area contributed by atoms with Crippen LogP contribution in [0.15, 0.2) is 23.1 Å². The zero-order chi connectivity index (χ0) is 18.4. The molecule has 25 heavy (non-hydrogen) atoms. The van der Waals surface area contributed by atoms with Crippen LogP contribution in [-0.2, 0) is 10.0 Å². The van der Waals surface area contributed by atoms with Crippen molar-refractivity contribution in [3.8, 4) is 0 Å². The second kappa shape index (κ2) is 8.67. The van der Waals surface area contributed by atoms with Crippen LogP contribution >= 0.6 is 0 Å². The molecule has 1 fully saturated rings. The summed E-state index contributed by atoms with van der Waals surface area (Å²) >= 11 is 0. The first-order valence-corrected chi connectivity index (χ1v) is 10.4. The average Bonchev–Trinajstić information content (AvgIpc) is 2.55. The van der Waals surface area contributed by atoms with Crippen LogP contribution in [0.5, 0.6) is 0 Å². The Morgan fingerprint density at radius 2 is 1.92 bits per heavy atom. The molecule has 0 radical (unpaired) electrons. The number of carboxylic acids is 1. The van der Waals surface area contributed by atoms with Gasteiger partial charge in [-0.2, -0.15) is 0 Å². The van der Waals surface area contributed by atoms with E-state index in [1.165, 1.54) is 18.6 Å². The largest absolute Gasteiger partial charge is 0.478 e. The monoisotopic (exact) mass is 368 g/mol. The van der Waals surface area contributed by atoms with E-state index in [-0.39, 0.29) is 16.5 Å². The van der Waals surface area contributed by atoms with Crippen molar-refractivity contribution in [2.24, 2.45) is 5.92 Å². The molecule has 6 nitrogen and oxygen atoms in total. The number of sulfonamides is 1. The topological polar surface area (TPSA) is 95.5 Å². The molecule has 7 heteroatoms. The van der Waals surface area contributed by atoms with Gasteiger partial charge in [0.15, 0.2) is 0 Å². The Bertz CT molecular complexity index is 695. The molecule has 3 N–H and O–H groups in total. The molecule has 1 aromatic carbocycles. The lowest BCUT2D eigenvalue weighted by Gasteiger charge is -2.25. The van der Waals surface area contributed by atoms with E-state index in [0.29, 0.717) is 18.2 Å². The lowest BCUT2D eigenvalue weighted by atomic mass is 9.95. The maximum absolute atomic E-state index is 12.7. The molecule has 2 rings (SSSR count). The van der Waals surface area contributed by atoms with Crippen LogP contribution in [0.2, 0.25) is 0 Å². The van der Waals surface area contributed by atoms with Crippen molar-refractivity contribution >= 4 is 21.7 Å². The van der Waals surface area contributed by atoms with E-state index in [1.54, 1.807) is 6.07 Å². The number of carboxylic acid groups (broad SMARTS) is 1. The smallest absolute Gasteiger partial charge is 0.335 e. The van der Waals surface area contributed by atoms with E-state index in [9.17, 15) is 18.3 Å². The van der Waals surface area contributed by atoms with Crippen molar-refractivity contribution < 1.29 is 18.3 Å². The number of benzene rings is 1. The maximum Gasteiger partial charge on any atom is 0.335 e. The summed E-state index contributed by atoms with van der Waals surface area (Å²) in [4.78, 5) is 11.3. The van der Waals surface area contributed by atoms with Crippen molar-refractivity contribution in [2.75, 3.05) is 11.9 Å². The van der Waals surface area contributed by atoms with Crippen LogP contribution in [0.1, 0.15) is 62.7 Å². The molecule has 140 valence electrons. The minimum absolute atomic E-state index is 0.0155. The SMILES string of the molecule is CC(C)CCNS(=O)(=O)c1cc(C(=O)O)ccc1NC1CCCCC1. The van der Waals surface area contributed by atoms with Gasteiger partial charge in [0.05, 0.1) is 11.3 Å². The summed E-state index contributed by atoms with van der Waals surface area (Å²) in [5, 5.41) is 12.5. The zero-order valence-corrected chi connectivity index (χ0v) is 15.7. The molecular weight excluding hydrogens is 340 g/mol. The van der Waals surface area contributed by atoms with Crippen molar-refractivity contribution in [1.82, 2.24) is 4.72 Å². The summed E-state index contributed by atoms with van der Waals surface area (Å²) in [6.07, 6.45) is 6.18. The minimum Gasteiger partial charge on any atom is -0.478 e. The normalized spacial score (nSPS) is 16.1. The number of nitrogens with one attached hydrogen (secondary N) is 2. The van der Waals surface area contributed by atoms with Crippen LogP contribution < -0.4 is 10.0 Å². The van der Waals surface area contributed by atoms with Crippen LogP contribution in [0, 0.1) is 5.92 Å². The number of hydrogen-bond acceptors (Lipinski definition) is 4. The average molecular weight is 368 g/mol. The van der Waals surface area contributed by atoms with Gasteiger partial charge in [0.25, 0.3) is 0 Å². The number of rotatable bonds is 8. The summed E-state index contributed by atoms with van der Waals surface area (Å²) < 4.78 is 28.0. The molecule has 0 saturated heterocycles. The summed E-state index contributed by atoms with van der Waals surface area (Å²) in [5.41, 5.74) is 0.451. The third kappa shape index (κ3) is 5.71. The molecule has 1 aliphatic rings. The molecule has 0 aromatic heterocycles. The second-order valence-corrected chi connectivity index (χ2v) is 8.81. The zero-order valence-electron chi connectivity index (χ0n) is 14.9. The number of aromatic carboxylic acids is 1. The van der Waals surface area contributed by atoms with Gasteiger partial charge in [0.1, 0.15) is 4.90 Å². The molecule has 0 bridgehead atoms. The Morgan fingerprint density at radius 3 is 2.52 bits per heavy atom. The first kappa shape index (κ1) is 19.7. The molecule has 0 atom stereocenters. The van der Waals surface area contributed by atoms with Crippen LogP contribution in [-0.4, -0.2) is 32.1 Å². The number of hydrogen-bond donors (Lipinski definition) is 3. The first-order chi connectivity index (χ1) is 11.8. The van der Waals surface area contributed by atoms with Gasteiger partial charge in [0, 0.05) is 12.6 Å². The Hall–Kier alpha value is -1.60. The summed E-state index contributed by atoms with van der Waals surface area (Å²) in [6, 6.07) is 4.48. The predicted molar refractivity (Wildman–Crippen MR) is 98.5 cm³/mol. The van der Waals surface area contributed by atoms with Gasteiger partial charge in [-0.05, 0) is 43.4 Å². The summed E-state index contributed by atoms with van der Waals surface area (Å²) in [7, 11) is -3.77. The number of carbonyl (C=O) groups is 1. The third-order valence-corrected chi connectivity index (χ3v) is 6.00. The van der Waals surface area contributed by atoms with E-state index in [1.807, 2.05) is 13.8 Å². The molecule has 0 heterocycles. The van der Waals surface area contributed by atoms with Gasteiger partial charge in [-0.3, -0.25) is 0 Å². The lowest BCUT2D eigenvalue weighted by Crippen LogP contribution is -2.28. The fourth-order valence-electron chi connectivity index (χ4n) is 3.02. The van der Waals surface area contributed by atoms with E-state index in [2.05, 4.69) is 10.0 Å². The highest BCUT2D eigenvalue weighted by Crippen LogP contribution is 2.27. The summed E-state index contributed by atoms with van der Waals surface area (Å²) in [6.45, 7) is 4.38. The van der Waals surface area contributed by atoms with Gasteiger partial charge in [-0.1, -0.05) is 33.1 Å². The fourth-order valence-corrected chi connectivity index (χ4v) is 4.26. The molecule has 1 aliphatic carbocycles. The molecule has 1 aromatic rings. The van der Waals surface area contributed by atoms with Gasteiger partial charge >= 0.3 is 5.97 Å². The highest BCUT2D eigenvalue weighted by Gasteiger charge is 2.23. The fraction of sp³-hybridized carbons (Fsp3) is 0.611. The van der Waals surface area contributed by atoms with E-state index >= 15 is 0 Å². The highest BCUT2D eigenvalue weighted by molar-refractivity contribution is 7.89. The Balaban J connectivity index is 2.27. The highest BCUT2D eigenvalue weighted by atomic mass is 32.2. The maximum atomic E-state index is 12.7. The molecule has 0 spiro atoms. The number of anilines is 1. The Morgan fingerprint density at radius 1 is 1.24 bits per heavy atom. The van der Waals surface area contributed by atoms with Gasteiger partial charge in [-0.15, -0.1) is 0 Å². The van der Waals surface area contributed by atoms with E-state index in [0.717, 1.165) is 32.1 Å². The second-order valence-electron chi connectivity index (χ2n) is 7.08. The van der Waals surface area contributed by atoms with Gasteiger partial charge in [0.2, 0.25) is 10.0 Å². The molecule has 0 aliphatic heterocycles. The quantitative estimate of drug-likeness (QED) is 0.653. The molecule has 1 saturated carbocycles.